The molecule has 4 nitrogen and oxygen atoms in total. The van der Waals surface area contributed by atoms with Crippen LogP contribution in [0.1, 0.15) is 69.4 Å². The van der Waals surface area contributed by atoms with Crippen LogP contribution >= 0.6 is 0 Å². The smallest absolute Gasteiger partial charge is 0.226 e. The highest BCUT2D eigenvalue weighted by Gasteiger charge is 2.37. The Balaban J connectivity index is 1.69. The number of amides is 1. The van der Waals surface area contributed by atoms with Crippen molar-refractivity contribution in [2.24, 2.45) is 11.8 Å². The van der Waals surface area contributed by atoms with Gasteiger partial charge in [0.1, 0.15) is 0 Å². The maximum Gasteiger partial charge on any atom is 0.226 e. The lowest BCUT2D eigenvalue weighted by atomic mass is 9.79. The van der Waals surface area contributed by atoms with E-state index in [0.29, 0.717) is 13.0 Å². The van der Waals surface area contributed by atoms with E-state index in [2.05, 4.69) is 31.2 Å². The quantitative estimate of drug-likeness (QED) is 0.671. The SMILES string of the molecule is CCCCC1CCC(C(=O)N(Cc2ccc(C)cc2)C2CCS(=O)(=O)C2)CC1. The lowest BCUT2D eigenvalue weighted by Gasteiger charge is -2.35. The van der Waals surface area contributed by atoms with Crippen molar-refractivity contribution >= 4 is 15.7 Å². The van der Waals surface area contributed by atoms with Crippen molar-refractivity contribution in [2.75, 3.05) is 11.5 Å². The molecule has 1 heterocycles. The van der Waals surface area contributed by atoms with E-state index in [-0.39, 0.29) is 29.4 Å². The molecule has 1 atom stereocenters. The van der Waals surface area contributed by atoms with E-state index >= 15 is 0 Å². The van der Waals surface area contributed by atoms with Crippen molar-refractivity contribution in [2.45, 2.75) is 77.8 Å². The first-order valence-corrected chi connectivity index (χ1v) is 12.8. The normalized spacial score (nSPS) is 26.9. The van der Waals surface area contributed by atoms with Gasteiger partial charge in [0.05, 0.1) is 11.5 Å². The number of unbranched alkanes of at least 4 members (excludes halogenated alkanes) is 1. The zero-order valence-electron chi connectivity index (χ0n) is 17.4. The van der Waals surface area contributed by atoms with E-state index < -0.39 is 9.84 Å². The van der Waals surface area contributed by atoms with E-state index in [4.69, 9.17) is 0 Å². The first kappa shape index (κ1) is 21.4. The Hall–Kier alpha value is -1.36. The van der Waals surface area contributed by atoms with Gasteiger partial charge >= 0.3 is 0 Å². The molecular formula is C23H35NO3S. The van der Waals surface area contributed by atoms with E-state index in [0.717, 1.165) is 37.2 Å². The molecule has 0 spiro atoms. The molecule has 1 saturated heterocycles. The zero-order valence-corrected chi connectivity index (χ0v) is 18.2. The Kier molecular flexibility index (Phi) is 7.19. The molecule has 3 rings (SSSR count). The Morgan fingerprint density at radius 1 is 1.07 bits per heavy atom. The Bertz CT molecular complexity index is 749. The fourth-order valence-corrected chi connectivity index (χ4v) is 6.45. The van der Waals surface area contributed by atoms with Gasteiger partial charge in [0.2, 0.25) is 5.91 Å². The third kappa shape index (κ3) is 5.59. The van der Waals surface area contributed by atoms with Gasteiger partial charge in [-0.3, -0.25) is 4.79 Å². The van der Waals surface area contributed by atoms with E-state index in [1.54, 1.807) is 0 Å². The van der Waals surface area contributed by atoms with E-state index in [1.807, 2.05) is 11.8 Å². The lowest BCUT2D eigenvalue weighted by Crippen LogP contribution is -2.44. The molecule has 1 aromatic carbocycles. The molecule has 0 bridgehead atoms. The Labute approximate surface area is 170 Å². The molecule has 1 amide bonds. The average Bonchev–Trinajstić information content (AvgIpc) is 3.05. The minimum atomic E-state index is -3.02. The van der Waals surface area contributed by atoms with Gasteiger partial charge in [0.25, 0.3) is 0 Å². The van der Waals surface area contributed by atoms with Gasteiger partial charge in [0, 0.05) is 18.5 Å². The fourth-order valence-electron chi connectivity index (χ4n) is 4.72. The number of sulfone groups is 1. The van der Waals surface area contributed by atoms with Crippen LogP contribution in [-0.4, -0.2) is 36.8 Å². The first-order valence-electron chi connectivity index (χ1n) is 10.9. The highest BCUT2D eigenvalue weighted by Crippen LogP contribution is 2.34. The minimum absolute atomic E-state index is 0.0617. The molecule has 1 saturated carbocycles. The van der Waals surface area contributed by atoms with Gasteiger partial charge < -0.3 is 4.90 Å². The summed E-state index contributed by atoms with van der Waals surface area (Å²) >= 11 is 0. The summed E-state index contributed by atoms with van der Waals surface area (Å²) < 4.78 is 24.1. The molecule has 0 N–H and O–H groups in total. The van der Waals surface area contributed by atoms with Crippen LogP contribution in [0, 0.1) is 18.8 Å². The lowest BCUT2D eigenvalue weighted by molar-refractivity contribution is -0.139. The van der Waals surface area contributed by atoms with E-state index in [1.165, 1.54) is 24.8 Å². The molecular weight excluding hydrogens is 370 g/mol. The Morgan fingerprint density at radius 2 is 1.75 bits per heavy atom. The highest BCUT2D eigenvalue weighted by molar-refractivity contribution is 7.91. The van der Waals surface area contributed by atoms with Crippen LogP contribution in [0.25, 0.3) is 0 Å². The van der Waals surface area contributed by atoms with Crippen molar-refractivity contribution < 1.29 is 13.2 Å². The average molecular weight is 406 g/mol. The number of carbonyl (C=O) groups is 1. The second kappa shape index (κ2) is 9.43. The van der Waals surface area contributed by atoms with Crippen molar-refractivity contribution in [1.82, 2.24) is 4.90 Å². The molecule has 1 aliphatic heterocycles. The van der Waals surface area contributed by atoms with Gasteiger partial charge in [-0.05, 0) is 50.5 Å². The summed E-state index contributed by atoms with van der Waals surface area (Å²) in [6.07, 6.45) is 8.56. The summed E-state index contributed by atoms with van der Waals surface area (Å²) in [7, 11) is -3.02. The predicted molar refractivity (Wildman–Crippen MR) is 114 cm³/mol. The van der Waals surface area contributed by atoms with Crippen LogP contribution in [0.3, 0.4) is 0 Å². The van der Waals surface area contributed by atoms with Crippen molar-refractivity contribution in [3.05, 3.63) is 35.4 Å². The van der Waals surface area contributed by atoms with Crippen molar-refractivity contribution in [3.8, 4) is 0 Å². The minimum Gasteiger partial charge on any atom is -0.334 e. The predicted octanol–water partition coefficient (Wildman–Crippen LogP) is 4.51. The molecule has 1 unspecified atom stereocenters. The van der Waals surface area contributed by atoms with Crippen molar-refractivity contribution in [1.29, 1.82) is 0 Å². The molecule has 1 aliphatic carbocycles. The highest BCUT2D eigenvalue weighted by atomic mass is 32.2. The fraction of sp³-hybridized carbons (Fsp3) is 0.696. The number of rotatable bonds is 7. The van der Waals surface area contributed by atoms with Crippen LogP contribution < -0.4 is 0 Å². The largest absolute Gasteiger partial charge is 0.334 e. The van der Waals surface area contributed by atoms with E-state index in [9.17, 15) is 13.2 Å². The standard InChI is InChI=1S/C23H35NO3S/c1-3-4-5-19-10-12-21(13-11-19)23(25)24(22-14-15-28(26,27)17-22)16-20-8-6-18(2)7-9-20/h6-9,19,21-22H,3-5,10-17H2,1-2H3. The van der Waals surface area contributed by atoms with Gasteiger partial charge in [-0.1, -0.05) is 56.0 Å². The molecule has 28 heavy (non-hydrogen) atoms. The number of carbonyl (C=O) groups excluding carboxylic acids is 1. The molecule has 2 aliphatic rings. The molecule has 1 aromatic rings. The van der Waals surface area contributed by atoms with Crippen molar-refractivity contribution in [3.63, 3.8) is 0 Å². The topological polar surface area (TPSA) is 54.5 Å². The second-order valence-corrected chi connectivity index (χ2v) is 11.1. The second-order valence-electron chi connectivity index (χ2n) is 8.87. The maximum atomic E-state index is 13.4. The van der Waals surface area contributed by atoms with Gasteiger partial charge in [-0.2, -0.15) is 0 Å². The molecule has 156 valence electrons. The number of aryl methyl sites for hydroxylation is 1. The summed E-state index contributed by atoms with van der Waals surface area (Å²) in [5, 5.41) is 0. The number of nitrogens with zero attached hydrogens (tertiary/aromatic N) is 1. The maximum absolute atomic E-state index is 13.4. The van der Waals surface area contributed by atoms with Crippen LogP contribution in [-0.2, 0) is 21.2 Å². The Morgan fingerprint density at radius 3 is 2.32 bits per heavy atom. The van der Waals surface area contributed by atoms with Crippen LogP contribution in [0.15, 0.2) is 24.3 Å². The van der Waals surface area contributed by atoms with Gasteiger partial charge in [-0.25, -0.2) is 8.42 Å². The van der Waals surface area contributed by atoms with Crippen LogP contribution in [0.4, 0.5) is 0 Å². The molecule has 5 heteroatoms. The number of benzene rings is 1. The third-order valence-electron chi connectivity index (χ3n) is 6.57. The van der Waals surface area contributed by atoms with Crippen LogP contribution in [0.2, 0.25) is 0 Å². The summed E-state index contributed by atoms with van der Waals surface area (Å²) in [5.74, 6) is 1.33. The number of hydrogen-bond acceptors (Lipinski definition) is 3. The first-order chi connectivity index (χ1) is 13.4. The van der Waals surface area contributed by atoms with Gasteiger partial charge in [0.15, 0.2) is 9.84 Å². The van der Waals surface area contributed by atoms with Gasteiger partial charge in [-0.15, -0.1) is 0 Å². The third-order valence-corrected chi connectivity index (χ3v) is 8.32. The summed E-state index contributed by atoms with van der Waals surface area (Å²) in [5.41, 5.74) is 2.27. The number of hydrogen-bond donors (Lipinski definition) is 0. The summed E-state index contributed by atoms with van der Waals surface area (Å²) in [4.78, 5) is 15.3. The summed E-state index contributed by atoms with van der Waals surface area (Å²) in [6, 6.07) is 8.06. The molecule has 0 radical (unpaired) electrons. The molecule has 0 aromatic heterocycles. The zero-order chi connectivity index (χ0) is 20.1. The van der Waals surface area contributed by atoms with Crippen LogP contribution in [0.5, 0.6) is 0 Å². The summed E-state index contributed by atoms with van der Waals surface area (Å²) in [6.45, 7) is 4.80. The molecule has 2 fully saturated rings. The monoisotopic (exact) mass is 405 g/mol.